The third-order valence-electron chi connectivity index (χ3n) is 3.81. The van der Waals surface area contributed by atoms with Crippen LogP contribution in [-0.2, 0) is 0 Å². The Balaban J connectivity index is 1.90. The number of hydrogen-bond donors (Lipinski definition) is 0. The van der Waals surface area contributed by atoms with Crippen LogP contribution in [0.4, 0.5) is 5.82 Å². The molecule has 0 fully saturated rings. The zero-order valence-electron chi connectivity index (χ0n) is 12.3. The first-order valence-corrected chi connectivity index (χ1v) is 9.47. The molecule has 2 aliphatic rings. The number of amidine groups is 1. The third-order valence-corrected chi connectivity index (χ3v) is 5.18. The zero-order valence-corrected chi connectivity index (χ0v) is 15.4. The number of anilines is 1. The molecule has 7 heteroatoms. The molecule has 4 rings (SSSR count). The number of nitrogens with zero attached hydrogens (tertiary/aromatic N) is 4. The van der Waals surface area contributed by atoms with Crippen molar-refractivity contribution in [2.24, 2.45) is 4.99 Å². The van der Waals surface area contributed by atoms with E-state index >= 15 is 0 Å². The lowest BCUT2D eigenvalue weighted by atomic mass is 9.98. The first-order chi connectivity index (χ1) is 11.2. The molecule has 4 nitrogen and oxygen atoms in total. The van der Waals surface area contributed by atoms with Gasteiger partial charge in [-0.25, -0.2) is 9.97 Å². The Hall–Kier alpha value is -1.37. The normalized spacial score (nSPS) is 15.9. The van der Waals surface area contributed by atoms with E-state index in [4.69, 9.17) is 11.6 Å². The number of aromatic nitrogens is 2. The first kappa shape index (κ1) is 15.2. The fraction of sp³-hybridized carbons (Fsp3) is 0.188. The van der Waals surface area contributed by atoms with E-state index in [1.807, 2.05) is 30.7 Å². The van der Waals surface area contributed by atoms with Gasteiger partial charge >= 0.3 is 0 Å². The molecule has 0 saturated heterocycles. The standard InChI is InChI=1S/C16H12BrClN4S/c1-23-16-20-8-9-6-12(11-3-2-10(17)7-13(11)18)15-19-4-5-22(15)14(9)21-16/h2-3,6-8H,4-5H2,1H3. The summed E-state index contributed by atoms with van der Waals surface area (Å²) in [4.78, 5) is 15.9. The van der Waals surface area contributed by atoms with Gasteiger partial charge in [-0.15, -0.1) is 0 Å². The summed E-state index contributed by atoms with van der Waals surface area (Å²) in [5.74, 6) is 1.87. The molecule has 0 radical (unpaired) electrons. The predicted molar refractivity (Wildman–Crippen MR) is 100 cm³/mol. The van der Waals surface area contributed by atoms with Crippen molar-refractivity contribution in [1.82, 2.24) is 9.97 Å². The molecule has 116 valence electrons. The van der Waals surface area contributed by atoms with Gasteiger partial charge in [0.05, 0.1) is 6.54 Å². The molecule has 0 bridgehead atoms. The highest BCUT2D eigenvalue weighted by molar-refractivity contribution is 9.10. The molecule has 23 heavy (non-hydrogen) atoms. The number of halogens is 2. The lowest BCUT2D eigenvalue weighted by molar-refractivity contribution is 0.918. The van der Waals surface area contributed by atoms with Crippen LogP contribution in [0.2, 0.25) is 5.02 Å². The minimum atomic E-state index is 0.699. The van der Waals surface area contributed by atoms with E-state index in [2.05, 4.69) is 41.9 Å². The van der Waals surface area contributed by atoms with Gasteiger partial charge in [-0.2, -0.15) is 0 Å². The summed E-state index contributed by atoms with van der Waals surface area (Å²) in [6, 6.07) is 5.91. The molecule has 0 spiro atoms. The van der Waals surface area contributed by atoms with Crippen molar-refractivity contribution in [2.75, 3.05) is 24.2 Å². The van der Waals surface area contributed by atoms with Crippen molar-refractivity contribution < 1.29 is 0 Å². The number of rotatable bonds is 2. The van der Waals surface area contributed by atoms with Crippen molar-refractivity contribution in [1.29, 1.82) is 0 Å². The van der Waals surface area contributed by atoms with E-state index < -0.39 is 0 Å². The van der Waals surface area contributed by atoms with Crippen LogP contribution in [0.1, 0.15) is 11.1 Å². The number of fused-ring (bicyclic) bond motifs is 3. The summed E-state index contributed by atoms with van der Waals surface area (Å²) in [5, 5.41) is 1.47. The maximum Gasteiger partial charge on any atom is 0.189 e. The molecule has 3 heterocycles. The Labute approximate surface area is 151 Å². The Morgan fingerprint density at radius 2 is 2.22 bits per heavy atom. The van der Waals surface area contributed by atoms with Crippen LogP contribution in [0.25, 0.3) is 11.6 Å². The van der Waals surface area contributed by atoms with Crippen LogP contribution in [0, 0.1) is 0 Å². The zero-order chi connectivity index (χ0) is 16.0. The lowest BCUT2D eigenvalue weighted by Gasteiger charge is -2.27. The minimum Gasteiger partial charge on any atom is -0.308 e. The number of benzene rings is 1. The van der Waals surface area contributed by atoms with E-state index in [1.54, 1.807) is 11.8 Å². The van der Waals surface area contributed by atoms with Gasteiger partial charge < -0.3 is 4.90 Å². The van der Waals surface area contributed by atoms with E-state index in [9.17, 15) is 0 Å². The second kappa shape index (κ2) is 5.92. The summed E-state index contributed by atoms with van der Waals surface area (Å²) >= 11 is 11.4. The van der Waals surface area contributed by atoms with E-state index in [-0.39, 0.29) is 0 Å². The maximum absolute atomic E-state index is 6.45. The topological polar surface area (TPSA) is 41.4 Å². The second-order valence-corrected chi connectivity index (χ2v) is 7.27. The highest BCUT2D eigenvalue weighted by Gasteiger charge is 2.31. The molecule has 2 aromatic rings. The van der Waals surface area contributed by atoms with Crippen molar-refractivity contribution in [3.63, 3.8) is 0 Å². The third kappa shape index (κ3) is 2.58. The molecule has 0 unspecified atom stereocenters. The van der Waals surface area contributed by atoms with Gasteiger partial charge in [-0.1, -0.05) is 45.4 Å². The quantitative estimate of drug-likeness (QED) is 0.547. The van der Waals surface area contributed by atoms with Gasteiger partial charge in [0.15, 0.2) is 5.16 Å². The van der Waals surface area contributed by atoms with E-state index in [1.165, 1.54) is 0 Å². The van der Waals surface area contributed by atoms with Crippen LogP contribution >= 0.6 is 39.3 Å². The molecule has 0 atom stereocenters. The molecule has 0 N–H and O–H groups in total. The molecular weight excluding hydrogens is 396 g/mol. The van der Waals surface area contributed by atoms with Gasteiger partial charge in [-0.3, -0.25) is 4.99 Å². The molecular formula is C16H12BrClN4S. The Morgan fingerprint density at radius 1 is 1.35 bits per heavy atom. The largest absolute Gasteiger partial charge is 0.308 e. The van der Waals surface area contributed by atoms with Crippen LogP contribution in [0.5, 0.6) is 0 Å². The molecule has 0 aliphatic carbocycles. The van der Waals surface area contributed by atoms with Gasteiger partial charge in [-0.05, 0) is 24.5 Å². The lowest BCUT2D eigenvalue weighted by Crippen LogP contribution is -2.32. The van der Waals surface area contributed by atoms with Crippen molar-refractivity contribution in [2.45, 2.75) is 5.16 Å². The smallest absolute Gasteiger partial charge is 0.189 e. The van der Waals surface area contributed by atoms with Gasteiger partial charge in [0.1, 0.15) is 11.7 Å². The van der Waals surface area contributed by atoms with Gasteiger partial charge in [0, 0.05) is 38.9 Å². The fourth-order valence-electron chi connectivity index (χ4n) is 2.79. The van der Waals surface area contributed by atoms with Crippen molar-refractivity contribution >= 4 is 62.6 Å². The Kier molecular flexibility index (Phi) is 3.91. The molecule has 0 amide bonds. The molecule has 1 aromatic heterocycles. The van der Waals surface area contributed by atoms with Gasteiger partial charge in [0.25, 0.3) is 0 Å². The maximum atomic E-state index is 6.45. The summed E-state index contributed by atoms with van der Waals surface area (Å²) in [7, 11) is 0. The Morgan fingerprint density at radius 3 is 3.00 bits per heavy atom. The monoisotopic (exact) mass is 406 g/mol. The van der Waals surface area contributed by atoms with Crippen LogP contribution in [0.15, 0.2) is 39.0 Å². The molecule has 0 saturated carbocycles. The molecule has 2 aliphatic heterocycles. The van der Waals surface area contributed by atoms with Crippen LogP contribution in [0.3, 0.4) is 0 Å². The highest BCUT2D eigenvalue weighted by Crippen LogP contribution is 2.38. The second-order valence-electron chi connectivity index (χ2n) is 5.17. The average molecular weight is 408 g/mol. The number of aliphatic imine (C=N–C) groups is 1. The minimum absolute atomic E-state index is 0.699. The fourth-order valence-corrected chi connectivity index (χ4v) is 3.90. The summed E-state index contributed by atoms with van der Waals surface area (Å²) in [6.07, 6.45) is 5.93. The highest BCUT2D eigenvalue weighted by atomic mass is 79.9. The van der Waals surface area contributed by atoms with E-state index in [0.29, 0.717) is 5.02 Å². The van der Waals surface area contributed by atoms with Crippen LogP contribution < -0.4 is 4.90 Å². The predicted octanol–water partition coefficient (Wildman–Crippen LogP) is 4.39. The van der Waals surface area contributed by atoms with Crippen molar-refractivity contribution in [3.8, 4) is 0 Å². The van der Waals surface area contributed by atoms with E-state index in [0.717, 1.165) is 51.1 Å². The first-order valence-electron chi connectivity index (χ1n) is 7.08. The average Bonchev–Trinajstić information content (AvgIpc) is 3.04. The number of hydrogen-bond acceptors (Lipinski definition) is 5. The van der Waals surface area contributed by atoms with Crippen LogP contribution in [-0.4, -0.2) is 35.1 Å². The number of thioether (sulfide) groups is 1. The Bertz CT molecular complexity index is 865. The SMILES string of the molecule is CSc1ncc2c(n1)N1CCN=C1C(c1ccc(Br)cc1Cl)=C2. The summed E-state index contributed by atoms with van der Waals surface area (Å²) < 4.78 is 0.959. The van der Waals surface area contributed by atoms with Crippen molar-refractivity contribution in [3.05, 3.63) is 45.0 Å². The summed E-state index contributed by atoms with van der Waals surface area (Å²) in [5.41, 5.74) is 2.99. The molecule has 1 aromatic carbocycles. The van der Waals surface area contributed by atoms with Gasteiger partial charge in [0.2, 0.25) is 0 Å². The summed E-state index contributed by atoms with van der Waals surface area (Å²) in [6.45, 7) is 1.59.